The Morgan fingerprint density at radius 1 is 0.810 bits per heavy atom. The highest BCUT2D eigenvalue weighted by Crippen LogP contribution is 2.29. The van der Waals surface area contributed by atoms with Gasteiger partial charge in [-0.2, -0.15) is 13.2 Å². The van der Waals surface area contributed by atoms with Crippen LogP contribution in [0.25, 0.3) is 21.9 Å². The molecule has 0 spiro atoms. The van der Waals surface area contributed by atoms with Crippen molar-refractivity contribution in [3.63, 3.8) is 0 Å². The first-order chi connectivity index (χ1) is 20.2. The smallest absolute Gasteiger partial charge is 0.416 e. The summed E-state index contributed by atoms with van der Waals surface area (Å²) in [4.78, 5) is 29.0. The predicted molar refractivity (Wildman–Crippen MR) is 152 cm³/mol. The Morgan fingerprint density at radius 3 is 2.14 bits per heavy atom. The molecular formula is C33H25F3N2O4. The number of nitrogens with zero attached hydrogens (tertiary/aromatic N) is 1. The molecule has 1 aromatic heterocycles. The van der Waals surface area contributed by atoms with Gasteiger partial charge >= 0.3 is 12.1 Å². The van der Waals surface area contributed by atoms with Gasteiger partial charge in [-0.3, -0.25) is 9.78 Å². The van der Waals surface area contributed by atoms with E-state index in [1.165, 1.54) is 18.3 Å². The van der Waals surface area contributed by atoms with Crippen LogP contribution in [0.15, 0.2) is 109 Å². The molecule has 0 saturated carbocycles. The molecule has 1 heterocycles. The Hall–Kier alpha value is -5.18. The van der Waals surface area contributed by atoms with E-state index in [4.69, 9.17) is 4.74 Å². The lowest BCUT2D eigenvalue weighted by molar-refractivity contribution is -0.139. The predicted octanol–water partition coefficient (Wildman–Crippen LogP) is 6.93. The van der Waals surface area contributed by atoms with Crippen molar-refractivity contribution < 1.29 is 32.6 Å². The number of carboxylic acid groups (broad SMARTS) is 1. The van der Waals surface area contributed by atoms with Crippen molar-refractivity contribution >= 4 is 22.6 Å². The summed E-state index contributed by atoms with van der Waals surface area (Å²) in [6, 6.07) is 27.5. The number of aliphatic carboxylic acids is 1. The van der Waals surface area contributed by atoms with E-state index in [9.17, 15) is 27.9 Å². The molecule has 0 radical (unpaired) electrons. The quantitative estimate of drug-likeness (QED) is 0.201. The van der Waals surface area contributed by atoms with Crippen molar-refractivity contribution in [1.29, 1.82) is 0 Å². The number of carboxylic acids is 1. The molecule has 5 aromatic rings. The summed E-state index contributed by atoms with van der Waals surface area (Å²) in [7, 11) is 0. The van der Waals surface area contributed by atoms with Crippen molar-refractivity contribution in [2.24, 2.45) is 0 Å². The van der Waals surface area contributed by atoms with Crippen LogP contribution in [-0.4, -0.2) is 28.0 Å². The van der Waals surface area contributed by atoms with Crippen molar-refractivity contribution in [1.82, 2.24) is 10.3 Å². The normalized spacial score (nSPS) is 12.1. The number of pyridine rings is 1. The molecule has 5 rings (SSSR count). The van der Waals surface area contributed by atoms with Gasteiger partial charge in [-0.25, -0.2) is 4.79 Å². The highest BCUT2D eigenvalue weighted by atomic mass is 19.4. The Kier molecular flexibility index (Phi) is 8.19. The third-order valence-corrected chi connectivity index (χ3v) is 6.72. The van der Waals surface area contributed by atoms with E-state index in [-0.39, 0.29) is 18.7 Å². The molecule has 212 valence electrons. The maximum absolute atomic E-state index is 12.9. The number of amides is 1. The number of rotatable bonds is 9. The van der Waals surface area contributed by atoms with Gasteiger partial charge in [0.1, 0.15) is 24.1 Å². The molecule has 42 heavy (non-hydrogen) atoms. The fourth-order valence-corrected chi connectivity index (χ4v) is 4.42. The van der Waals surface area contributed by atoms with E-state index in [1.54, 1.807) is 24.3 Å². The van der Waals surface area contributed by atoms with Crippen LogP contribution in [0.3, 0.4) is 0 Å². The Balaban J connectivity index is 1.22. The lowest BCUT2D eigenvalue weighted by atomic mass is 10.0. The first-order valence-electron chi connectivity index (χ1n) is 13.0. The van der Waals surface area contributed by atoms with E-state index in [1.807, 2.05) is 54.6 Å². The summed E-state index contributed by atoms with van der Waals surface area (Å²) in [5.41, 5.74) is 2.73. The molecule has 6 nitrogen and oxygen atoms in total. The van der Waals surface area contributed by atoms with Gasteiger partial charge < -0.3 is 15.2 Å². The molecule has 0 saturated heterocycles. The number of ether oxygens (including phenoxy) is 1. The minimum absolute atomic E-state index is 0.0617. The van der Waals surface area contributed by atoms with Gasteiger partial charge in [-0.05, 0) is 58.0 Å². The summed E-state index contributed by atoms with van der Waals surface area (Å²) >= 11 is 0. The number of halogens is 3. The zero-order valence-corrected chi connectivity index (χ0v) is 22.1. The molecule has 0 unspecified atom stereocenters. The van der Waals surface area contributed by atoms with Crippen molar-refractivity contribution in [3.05, 3.63) is 132 Å². The molecule has 0 aliphatic rings. The highest BCUT2D eigenvalue weighted by Gasteiger charge is 2.30. The van der Waals surface area contributed by atoms with Crippen LogP contribution in [0, 0.1) is 0 Å². The summed E-state index contributed by atoms with van der Waals surface area (Å²) in [6.07, 6.45) is -2.82. The number of aromatic nitrogens is 1. The zero-order chi connectivity index (χ0) is 29.7. The van der Waals surface area contributed by atoms with Crippen molar-refractivity contribution in [2.45, 2.75) is 25.2 Å². The zero-order valence-electron chi connectivity index (χ0n) is 22.1. The molecule has 9 heteroatoms. The van der Waals surface area contributed by atoms with E-state index in [2.05, 4.69) is 10.3 Å². The van der Waals surface area contributed by atoms with Gasteiger partial charge in [-0.1, -0.05) is 72.8 Å². The number of alkyl halides is 3. The molecule has 2 N–H and O–H groups in total. The monoisotopic (exact) mass is 570 g/mol. The van der Waals surface area contributed by atoms with Gasteiger partial charge in [-0.15, -0.1) is 0 Å². The number of nitrogens with one attached hydrogen (secondary N) is 1. The van der Waals surface area contributed by atoms with E-state index in [0.717, 1.165) is 28.8 Å². The van der Waals surface area contributed by atoms with Crippen LogP contribution in [0.5, 0.6) is 5.75 Å². The van der Waals surface area contributed by atoms with Crippen molar-refractivity contribution in [3.8, 4) is 16.9 Å². The third-order valence-electron chi connectivity index (χ3n) is 6.72. The van der Waals surface area contributed by atoms with Crippen LogP contribution in [-0.2, 0) is 24.0 Å². The van der Waals surface area contributed by atoms with Crippen LogP contribution in [0.1, 0.15) is 27.2 Å². The standard InChI is InChI=1S/C33H25F3N2O4/c34-33(35,36)27-13-8-22(9-14-27)20-42-28-15-12-25-18-29(37-19-26(25)17-28)31(39)38-30(32(40)41)16-21-6-10-24(11-7-21)23-4-2-1-3-5-23/h1-15,17-19,30H,16,20H2,(H,38,39)(H,40,41)/t30-/m0/s1. The van der Waals surface area contributed by atoms with Crippen LogP contribution >= 0.6 is 0 Å². The number of carbonyl (C=O) groups excluding carboxylic acids is 1. The van der Waals surface area contributed by atoms with E-state index < -0.39 is 29.7 Å². The van der Waals surface area contributed by atoms with E-state index >= 15 is 0 Å². The Morgan fingerprint density at radius 2 is 1.48 bits per heavy atom. The Labute approximate surface area is 239 Å². The van der Waals surface area contributed by atoms with Gasteiger partial charge in [0.2, 0.25) is 0 Å². The first-order valence-corrected chi connectivity index (χ1v) is 13.0. The van der Waals surface area contributed by atoms with Gasteiger partial charge in [0.25, 0.3) is 5.91 Å². The van der Waals surface area contributed by atoms with Crippen LogP contribution in [0.2, 0.25) is 0 Å². The second kappa shape index (κ2) is 12.1. The third kappa shape index (κ3) is 6.93. The van der Waals surface area contributed by atoms with Crippen LogP contribution < -0.4 is 10.1 Å². The Bertz CT molecular complexity index is 1700. The molecule has 1 amide bonds. The number of carbonyl (C=O) groups is 2. The second-order valence-electron chi connectivity index (χ2n) is 9.69. The summed E-state index contributed by atoms with van der Waals surface area (Å²) in [6.45, 7) is 0.0725. The van der Waals surface area contributed by atoms with Crippen LogP contribution in [0.4, 0.5) is 13.2 Å². The topological polar surface area (TPSA) is 88.5 Å². The van der Waals surface area contributed by atoms with E-state index in [0.29, 0.717) is 22.1 Å². The maximum Gasteiger partial charge on any atom is 0.416 e. The minimum atomic E-state index is -4.40. The lowest BCUT2D eigenvalue weighted by Crippen LogP contribution is -2.42. The number of benzene rings is 4. The maximum atomic E-state index is 12.9. The fourth-order valence-electron chi connectivity index (χ4n) is 4.42. The second-order valence-corrected chi connectivity index (χ2v) is 9.69. The summed E-state index contributed by atoms with van der Waals surface area (Å²) < 4.78 is 44.0. The first kappa shape index (κ1) is 28.4. The summed E-state index contributed by atoms with van der Waals surface area (Å²) in [5, 5.41) is 13.7. The molecule has 0 bridgehead atoms. The fraction of sp³-hybridized carbons (Fsp3) is 0.121. The average molecular weight is 571 g/mol. The number of fused-ring (bicyclic) bond motifs is 1. The average Bonchev–Trinajstić information content (AvgIpc) is 3.00. The number of hydrogen-bond donors (Lipinski definition) is 2. The molecule has 1 atom stereocenters. The lowest BCUT2D eigenvalue weighted by Gasteiger charge is -2.15. The summed E-state index contributed by atoms with van der Waals surface area (Å²) in [5.74, 6) is -1.30. The molecule has 4 aromatic carbocycles. The number of hydrogen-bond acceptors (Lipinski definition) is 4. The molecule has 0 fully saturated rings. The SMILES string of the molecule is O=C(N[C@@H](Cc1ccc(-c2ccccc2)cc1)C(=O)O)c1cc2ccc(OCc3ccc(C(F)(F)F)cc3)cc2cn1. The molecular weight excluding hydrogens is 545 g/mol. The van der Waals surface area contributed by atoms with Gasteiger partial charge in [0.15, 0.2) is 0 Å². The van der Waals surface area contributed by atoms with Gasteiger partial charge in [0.05, 0.1) is 5.56 Å². The molecule has 0 aliphatic heterocycles. The molecule has 0 aliphatic carbocycles. The van der Waals surface area contributed by atoms with Gasteiger partial charge in [0, 0.05) is 18.0 Å². The minimum Gasteiger partial charge on any atom is -0.489 e. The highest BCUT2D eigenvalue weighted by molar-refractivity contribution is 5.98. The van der Waals surface area contributed by atoms with Crippen molar-refractivity contribution in [2.75, 3.05) is 0 Å². The largest absolute Gasteiger partial charge is 0.489 e.